The largest absolute Gasteiger partial charge is 0.388 e. The lowest BCUT2D eigenvalue weighted by Crippen LogP contribution is -2.35. The summed E-state index contributed by atoms with van der Waals surface area (Å²) in [5, 5.41) is 26.4. The van der Waals surface area contributed by atoms with Crippen molar-refractivity contribution in [2.75, 3.05) is 18.5 Å². The number of primary amides is 1. The van der Waals surface area contributed by atoms with Crippen LogP contribution in [0.2, 0.25) is 0 Å². The normalized spacial score (nSPS) is 25.3. The first kappa shape index (κ1) is 13.8. The Kier molecular flexibility index (Phi) is 3.50. The number of nitrogens with zero attached hydrogens (tertiary/aromatic N) is 2. The summed E-state index contributed by atoms with van der Waals surface area (Å²) >= 11 is 0. The average Bonchev–Trinajstić information content (AvgIpc) is 3.05. The second-order valence-electron chi connectivity index (χ2n) is 4.95. The van der Waals surface area contributed by atoms with Crippen molar-refractivity contribution in [3.05, 3.63) is 30.1 Å². The lowest BCUT2D eigenvalue weighted by molar-refractivity contribution is 0.0293. The van der Waals surface area contributed by atoms with Gasteiger partial charge in [-0.1, -0.05) is 0 Å². The summed E-state index contributed by atoms with van der Waals surface area (Å²) in [6, 6.07) is 3.59. The first-order valence-corrected chi connectivity index (χ1v) is 6.55. The number of fused-ring (bicyclic) bond motifs is 1. The molecule has 0 aromatic carbocycles. The number of ether oxygens (including phenoxy) is 1. The third-order valence-electron chi connectivity index (χ3n) is 3.57. The van der Waals surface area contributed by atoms with E-state index < -0.39 is 24.2 Å². The maximum absolute atomic E-state index is 11.5. The predicted octanol–water partition coefficient (Wildman–Crippen LogP) is -1.03. The van der Waals surface area contributed by atoms with Crippen molar-refractivity contribution in [2.45, 2.75) is 18.3 Å². The Bertz CT molecular complexity index is 671. The molecule has 21 heavy (non-hydrogen) atoms. The van der Waals surface area contributed by atoms with E-state index in [1.807, 2.05) is 0 Å². The SMILES string of the molecule is NC(=O)c1cnn2cccc2c1NCC1OCC(O)C1O. The summed E-state index contributed by atoms with van der Waals surface area (Å²) < 4.78 is 6.90. The van der Waals surface area contributed by atoms with E-state index in [0.29, 0.717) is 11.2 Å². The van der Waals surface area contributed by atoms with E-state index in [1.165, 1.54) is 6.20 Å². The number of nitrogens with one attached hydrogen (secondary N) is 1. The smallest absolute Gasteiger partial charge is 0.252 e. The van der Waals surface area contributed by atoms with Crippen LogP contribution >= 0.6 is 0 Å². The lowest BCUT2D eigenvalue weighted by atomic mass is 10.1. The fourth-order valence-electron chi connectivity index (χ4n) is 2.42. The molecule has 0 aliphatic carbocycles. The van der Waals surface area contributed by atoms with Gasteiger partial charge in [-0.15, -0.1) is 0 Å². The molecule has 3 rings (SSSR count). The number of hydrogen-bond donors (Lipinski definition) is 4. The highest BCUT2D eigenvalue weighted by Gasteiger charge is 2.34. The van der Waals surface area contributed by atoms with Crippen molar-refractivity contribution in [3.63, 3.8) is 0 Å². The number of aliphatic hydroxyl groups is 2. The van der Waals surface area contributed by atoms with E-state index >= 15 is 0 Å². The Morgan fingerprint density at radius 1 is 1.57 bits per heavy atom. The summed E-state index contributed by atoms with van der Waals surface area (Å²) in [7, 11) is 0. The van der Waals surface area contributed by atoms with Crippen molar-refractivity contribution in [3.8, 4) is 0 Å². The Morgan fingerprint density at radius 3 is 3.05 bits per heavy atom. The molecular weight excluding hydrogens is 276 g/mol. The summed E-state index contributed by atoms with van der Waals surface area (Å²) in [5.74, 6) is -0.596. The van der Waals surface area contributed by atoms with Crippen LogP contribution in [0.5, 0.6) is 0 Å². The molecule has 8 nitrogen and oxygen atoms in total. The first-order chi connectivity index (χ1) is 10.1. The summed E-state index contributed by atoms with van der Waals surface area (Å²) in [6.07, 6.45) is 0.732. The minimum Gasteiger partial charge on any atom is -0.388 e. The van der Waals surface area contributed by atoms with Gasteiger partial charge in [0.25, 0.3) is 5.91 Å². The first-order valence-electron chi connectivity index (χ1n) is 6.55. The molecule has 0 saturated carbocycles. The number of aliphatic hydroxyl groups excluding tert-OH is 2. The minimum absolute atomic E-state index is 0.0904. The second-order valence-corrected chi connectivity index (χ2v) is 4.95. The van der Waals surface area contributed by atoms with Gasteiger partial charge in [-0.25, -0.2) is 4.52 Å². The Balaban J connectivity index is 1.87. The average molecular weight is 292 g/mol. The van der Waals surface area contributed by atoms with Gasteiger partial charge >= 0.3 is 0 Å². The van der Waals surface area contributed by atoms with Gasteiger partial charge in [-0.3, -0.25) is 4.79 Å². The van der Waals surface area contributed by atoms with Gasteiger partial charge < -0.3 is 26.0 Å². The third kappa shape index (κ3) is 2.44. The lowest BCUT2D eigenvalue weighted by Gasteiger charge is -2.18. The van der Waals surface area contributed by atoms with Gasteiger partial charge in [0, 0.05) is 12.7 Å². The van der Waals surface area contributed by atoms with E-state index in [9.17, 15) is 15.0 Å². The molecule has 3 unspecified atom stereocenters. The summed E-state index contributed by atoms with van der Waals surface area (Å²) in [6.45, 7) is 0.330. The van der Waals surface area contributed by atoms with Gasteiger partial charge in [0.05, 0.1) is 29.6 Å². The predicted molar refractivity (Wildman–Crippen MR) is 74.0 cm³/mol. The molecule has 1 saturated heterocycles. The zero-order valence-electron chi connectivity index (χ0n) is 11.1. The Labute approximate surface area is 120 Å². The molecule has 3 heterocycles. The highest BCUT2D eigenvalue weighted by atomic mass is 16.5. The molecule has 2 aromatic rings. The Hall–Kier alpha value is -2.16. The van der Waals surface area contributed by atoms with Crippen LogP contribution in [0, 0.1) is 0 Å². The number of carbonyl (C=O) groups excluding carboxylic acids is 1. The van der Waals surface area contributed by atoms with E-state index in [0.717, 1.165) is 0 Å². The van der Waals surface area contributed by atoms with Crippen LogP contribution in [0.15, 0.2) is 24.5 Å². The van der Waals surface area contributed by atoms with Gasteiger partial charge in [0.15, 0.2) is 0 Å². The van der Waals surface area contributed by atoms with Crippen LogP contribution in [-0.4, -0.2) is 57.2 Å². The molecule has 1 fully saturated rings. The van der Waals surface area contributed by atoms with E-state index in [1.54, 1.807) is 22.8 Å². The molecule has 2 aromatic heterocycles. The second kappa shape index (κ2) is 5.32. The van der Waals surface area contributed by atoms with Crippen LogP contribution in [0.3, 0.4) is 0 Å². The number of hydrogen-bond acceptors (Lipinski definition) is 6. The van der Waals surface area contributed by atoms with Gasteiger partial charge in [-0.05, 0) is 12.1 Å². The maximum atomic E-state index is 11.5. The zero-order chi connectivity index (χ0) is 15.0. The summed E-state index contributed by atoms with van der Waals surface area (Å²) in [4.78, 5) is 11.5. The minimum atomic E-state index is -0.959. The van der Waals surface area contributed by atoms with E-state index in [4.69, 9.17) is 10.5 Å². The zero-order valence-corrected chi connectivity index (χ0v) is 11.1. The van der Waals surface area contributed by atoms with Gasteiger partial charge in [-0.2, -0.15) is 5.10 Å². The van der Waals surface area contributed by atoms with Crippen molar-refractivity contribution in [1.29, 1.82) is 0 Å². The number of amides is 1. The molecule has 1 aliphatic rings. The molecule has 0 bridgehead atoms. The fourth-order valence-corrected chi connectivity index (χ4v) is 2.42. The highest BCUT2D eigenvalue weighted by Crippen LogP contribution is 2.23. The summed E-state index contributed by atoms with van der Waals surface area (Å²) in [5.41, 5.74) is 6.84. The number of nitrogens with two attached hydrogens (primary N) is 1. The molecule has 1 aliphatic heterocycles. The molecule has 0 radical (unpaired) electrons. The molecular formula is C13H16N4O4. The number of anilines is 1. The quantitative estimate of drug-likeness (QED) is 0.571. The van der Waals surface area contributed by atoms with Crippen LogP contribution < -0.4 is 11.1 Å². The van der Waals surface area contributed by atoms with Crippen LogP contribution in [0.4, 0.5) is 5.69 Å². The van der Waals surface area contributed by atoms with Crippen LogP contribution in [0.1, 0.15) is 10.4 Å². The highest BCUT2D eigenvalue weighted by molar-refractivity contribution is 6.01. The molecule has 3 atom stereocenters. The van der Waals surface area contributed by atoms with Crippen LogP contribution in [-0.2, 0) is 4.74 Å². The van der Waals surface area contributed by atoms with E-state index in [2.05, 4.69) is 10.4 Å². The number of rotatable bonds is 4. The molecule has 1 amide bonds. The monoisotopic (exact) mass is 292 g/mol. The third-order valence-corrected chi connectivity index (χ3v) is 3.57. The maximum Gasteiger partial charge on any atom is 0.252 e. The van der Waals surface area contributed by atoms with Crippen molar-refractivity contribution < 1.29 is 19.7 Å². The molecule has 0 spiro atoms. The number of aromatic nitrogens is 2. The van der Waals surface area contributed by atoms with Crippen molar-refractivity contribution >= 4 is 17.1 Å². The fraction of sp³-hybridized carbons (Fsp3) is 0.385. The topological polar surface area (TPSA) is 122 Å². The van der Waals surface area contributed by atoms with Crippen molar-refractivity contribution in [2.24, 2.45) is 5.73 Å². The number of carbonyl (C=O) groups is 1. The standard InChI is InChI=1S/C13H16N4O4/c14-13(20)7-4-16-17-3-1-2-8(17)11(7)15-5-10-12(19)9(18)6-21-10/h1-4,9-10,12,15,18-19H,5-6H2,(H2,14,20). The molecule has 5 N–H and O–H groups in total. The molecule has 8 heteroatoms. The van der Waals surface area contributed by atoms with E-state index in [-0.39, 0.29) is 18.7 Å². The van der Waals surface area contributed by atoms with Crippen LogP contribution in [0.25, 0.3) is 5.52 Å². The van der Waals surface area contributed by atoms with Crippen molar-refractivity contribution in [1.82, 2.24) is 9.61 Å². The Morgan fingerprint density at radius 2 is 2.38 bits per heavy atom. The van der Waals surface area contributed by atoms with Gasteiger partial charge in [0.1, 0.15) is 18.3 Å². The van der Waals surface area contributed by atoms with Gasteiger partial charge in [0.2, 0.25) is 0 Å². The molecule has 112 valence electrons.